The average Bonchev–Trinajstić information content (AvgIpc) is 3.27. The number of imidazole rings is 1. The zero-order valence-electron chi connectivity index (χ0n) is 15.4. The third-order valence-corrected chi connectivity index (χ3v) is 5.76. The third-order valence-electron chi connectivity index (χ3n) is 4.72. The molecule has 0 amide bonds. The fourth-order valence-corrected chi connectivity index (χ4v) is 4.10. The van der Waals surface area contributed by atoms with Gasteiger partial charge in [-0.1, -0.05) is 23.9 Å². The summed E-state index contributed by atoms with van der Waals surface area (Å²) in [5, 5.41) is 40.8. The maximum Gasteiger partial charge on any atom is 0.269 e. The Balaban J connectivity index is 1.60. The van der Waals surface area contributed by atoms with E-state index in [1.54, 1.807) is 12.1 Å². The molecule has 12 nitrogen and oxygen atoms in total. The first kappa shape index (κ1) is 20.4. The highest BCUT2D eigenvalue weighted by Crippen LogP contribution is 2.34. The molecule has 3 heterocycles. The molecule has 3 aromatic rings. The summed E-state index contributed by atoms with van der Waals surface area (Å²) in [6.45, 7) is -0.450. The summed E-state index contributed by atoms with van der Waals surface area (Å²) in [5.41, 5.74) is 7.43. The number of nitrogens with zero attached hydrogens (tertiary/aromatic N) is 5. The third kappa shape index (κ3) is 3.68. The first-order valence-electron chi connectivity index (χ1n) is 8.87. The first-order valence-corrected chi connectivity index (χ1v) is 9.86. The van der Waals surface area contributed by atoms with E-state index in [4.69, 9.17) is 10.5 Å². The van der Waals surface area contributed by atoms with Crippen LogP contribution < -0.4 is 5.73 Å². The summed E-state index contributed by atoms with van der Waals surface area (Å²) in [7, 11) is 0. The lowest BCUT2D eigenvalue weighted by Crippen LogP contribution is -2.33. The van der Waals surface area contributed by atoms with Crippen molar-refractivity contribution in [3.63, 3.8) is 0 Å². The van der Waals surface area contributed by atoms with Gasteiger partial charge in [-0.25, -0.2) is 9.97 Å². The Morgan fingerprint density at radius 3 is 2.60 bits per heavy atom. The van der Waals surface area contributed by atoms with Crippen molar-refractivity contribution in [3.8, 4) is 0 Å². The van der Waals surface area contributed by atoms with Crippen LogP contribution in [0.25, 0.3) is 11.2 Å². The summed E-state index contributed by atoms with van der Waals surface area (Å²) < 4.78 is 6.97. The van der Waals surface area contributed by atoms with Crippen molar-refractivity contribution < 1.29 is 25.0 Å². The fraction of sp³-hybridized carbons (Fsp3) is 0.353. The summed E-state index contributed by atoms with van der Waals surface area (Å²) in [4.78, 5) is 23.0. The second kappa shape index (κ2) is 8.12. The van der Waals surface area contributed by atoms with E-state index >= 15 is 0 Å². The number of anilines is 1. The molecule has 13 heteroatoms. The minimum Gasteiger partial charge on any atom is -0.394 e. The van der Waals surface area contributed by atoms with Crippen molar-refractivity contribution in [1.29, 1.82) is 0 Å². The molecular formula is C17H18N6O6S. The molecule has 158 valence electrons. The van der Waals surface area contributed by atoms with E-state index in [1.807, 2.05) is 0 Å². The molecule has 0 saturated carbocycles. The number of hydrogen-bond donors (Lipinski definition) is 4. The van der Waals surface area contributed by atoms with Gasteiger partial charge in [-0.2, -0.15) is 4.98 Å². The minimum absolute atomic E-state index is 0.00894. The predicted octanol–water partition coefficient (Wildman–Crippen LogP) is 0.220. The maximum absolute atomic E-state index is 10.8. The molecule has 1 aliphatic rings. The van der Waals surface area contributed by atoms with E-state index < -0.39 is 36.1 Å². The molecule has 1 aliphatic heterocycles. The molecule has 1 unspecified atom stereocenters. The molecule has 1 saturated heterocycles. The number of thioether (sulfide) groups is 1. The number of ether oxygens (including phenoxy) is 1. The second-order valence-electron chi connectivity index (χ2n) is 6.65. The van der Waals surface area contributed by atoms with Crippen molar-refractivity contribution >= 4 is 34.6 Å². The topological polar surface area (TPSA) is 183 Å². The molecule has 1 fully saturated rings. The largest absolute Gasteiger partial charge is 0.394 e. The van der Waals surface area contributed by atoms with Crippen LogP contribution in [0.5, 0.6) is 0 Å². The molecule has 4 rings (SSSR count). The maximum atomic E-state index is 10.8. The number of aliphatic hydroxyl groups is 3. The van der Waals surface area contributed by atoms with E-state index in [9.17, 15) is 25.4 Å². The van der Waals surface area contributed by atoms with Gasteiger partial charge in [-0.15, -0.1) is 0 Å². The van der Waals surface area contributed by atoms with Crippen molar-refractivity contribution in [3.05, 3.63) is 46.3 Å². The summed E-state index contributed by atoms with van der Waals surface area (Å²) in [6, 6.07) is 6.17. The van der Waals surface area contributed by atoms with Gasteiger partial charge in [0.15, 0.2) is 11.9 Å². The number of nitrogens with two attached hydrogens (primary N) is 1. The van der Waals surface area contributed by atoms with Gasteiger partial charge in [0, 0.05) is 17.9 Å². The van der Waals surface area contributed by atoms with Crippen LogP contribution in [0.2, 0.25) is 0 Å². The normalized spacial score (nSPS) is 23.8. The van der Waals surface area contributed by atoms with Crippen molar-refractivity contribution in [2.75, 3.05) is 12.3 Å². The van der Waals surface area contributed by atoms with Crippen LogP contribution in [0.15, 0.2) is 35.6 Å². The SMILES string of the molecule is Nc1nc(SCc2ccc([N+](=O)[O-])cc2)c2ncn([C@@H]3O[C@H](CO)C(O)[C@H]3O)c2n1. The molecule has 1 aromatic carbocycles. The predicted molar refractivity (Wildman–Crippen MR) is 105 cm³/mol. The van der Waals surface area contributed by atoms with Gasteiger partial charge in [0.1, 0.15) is 28.9 Å². The van der Waals surface area contributed by atoms with Gasteiger partial charge in [0.05, 0.1) is 17.9 Å². The van der Waals surface area contributed by atoms with Crippen LogP contribution in [0.3, 0.4) is 0 Å². The number of hydrogen-bond acceptors (Lipinski definition) is 11. The highest BCUT2D eigenvalue weighted by atomic mass is 32.2. The van der Waals surface area contributed by atoms with Crippen LogP contribution in [0.4, 0.5) is 11.6 Å². The first-order chi connectivity index (χ1) is 14.4. The van der Waals surface area contributed by atoms with Crippen LogP contribution in [-0.4, -0.2) is 64.7 Å². The van der Waals surface area contributed by atoms with Crippen molar-refractivity contribution in [2.24, 2.45) is 0 Å². The Hall–Kier alpha value is -2.84. The number of nitro benzene ring substituents is 1. The average molecular weight is 434 g/mol. The fourth-order valence-electron chi connectivity index (χ4n) is 3.17. The Morgan fingerprint density at radius 1 is 1.23 bits per heavy atom. The van der Waals surface area contributed by atoms with Gasteiger partial charge in [0.2, 0.25) is 5.95 Å². The molecule has 0 bridgehead atoms. The van der Waals surface area contributed by atoms with E-state index in [0.717, 1.165) is 5.56 Å². The van der Waals surface area contributed by atoms with E-state index in [1.165, 1.54) is 34.8 Å². The lowest BCUT2D eigenvalue weighted by atomic mass is 10.1. The molecule has 0 spiro atoms. The lowest BCUT2D eigenvalue weighted by Gasteiger charge is -2.16. The number of fused-ring (bicyclic) bond motifs is 1. The number of benzene rings is 1. The van der Waals surface area contributed by atoms with E-state index in [0.29, 0.717) is 21.9 Å². The number of aliphatic hydroxyl groups excluding tert-OH is 3. The van der Waals surface area contributed by atoms with Gasteiger partial charge in [0.25, 0.3) is 5.69 Å². The summed E-state index contributed by atoms with van der Waals surface area (Å²) >= 11 is 1.32. The monoisotopic (exact) mass is 434 g/mol. The van der Waals surface area contributed by atoms with Gasteiger partial charge in [-0.05, 0) is 5.56 Å². The lowest BCUT2D eigenvalue weighted by molar-refractivity contribution is -0.384. The Labute approximate surface area is 173 Å². The molecule has 0 aliphatic carbocycles. The van der Waals surface area contributed by atoms with E-state index in [2.05, 4.69) is 15.0 Å². The summed E-state index contributed by atoms with van der Waals surface area (Å²) in [5.74, 6) is 0.451. The van der Waals surface area contributed by atoms with Crippen LogP contribution >= 0.6 is 11.8 Å². The van der Waals surface area contributed by atoms with Gasteiger partial charge >= 0.3 is 0 Å². The molecule has 2 aromatic heterocycles. The number of non-ortho nitro benzene ring substituents is 1. The van der Waals surface area contributed by atoms with Crippen LogP contribution in [-0.2, 0) is 10.5 Å². The Kier molecular flexibility index (Phi) is 5.53. The smallest absolute Gasteiger partial charge is 0.269 e. The van der Waals surface area contributed by atoms with Crippen LogP contribution in [0, 0.1) is 10.1 Å². The Bertz CT molecular complexity index is 1080. The zero-order valence-corrected chi connectivity index (χ0v) is 16.2. The molecule has 30 heavy (non-hydrogen) atoms. The zero-order chi connectivity index (χ0) is 21.4. The van der Waals surface area contributed by atoms with Gasteiger partial charge in [-0.3, -0.25) is 14.7 Å². The number of aromatic nitrogens is 4. The molecule has 0 radical (unpaired) electrons. The Morgan fingerprint density at radius 2 is 1.97 bits per heavy atom. The molecule has 5 N–H and O–H groups in total. The van der Waals surface area contributed by atoms with E-state index in [-0.39, 0.29) is 11.6 Å². The van der Waals surface area contributed by atoms with Crippen molar-refractivity contribution in [2.45, 2.75) is 35.3 Å². The van der Waals surface area contributed by atoms with Crippen LogP contribution in [0.1, 0.15) is 11.8 Å². The minimum atomic E-state index is -1.29. The summed E-state index contributed by atoms with van der Waals surface area (Å²) in [6.07, 6.45) is -3.07. The number of nitrogen functional groups attached to an aromatic ring is 1. The van der Waals surface area contributed by atoms with Crippen molar-refractivity contribution in [1.82, 2.24) is 19.5 Å². The quantitative estimate of drug-likeness (QED) is 0.180. The second-order valence-corrected chi connectivity index (χ2v) is 7.62. The number of nitro groups is 1. The highest BCUT2D eigenvalue weighted by molar-refractivity contribution is 7.98. The standard InChI is InChI=1S/C17H18N6O6S/c18-17-20-14-11(19-7-22(14)16-13(26)12(25)10(5-24)29-16)15(21-17)30-6-8-1-3-9(4-2-8)23(27)28/h1-4,7,10,12-13,16,24-26H,5-6H2,(H2,18,20,21)/t10-,12?,13-,16-/m1/s1. The van der Waals surface area contributed by atoms with Gasteiger partial charge < -0.3 is 25.8 Å². The molecular weight excluding hydrogens is 416 g/mol. The molecule has 4 atom stereocenters. The number of rotatable bonds is 6. The highest BCUT2D eigenvalue weighted by Gasteiger charge is 2.44.